The number of H-pyrrole nitrogens is 1. The maximum Gasteiger partial charge on any atom is 0.253 e. The van der Waals surface area contributed by atoms with Crippen LogP contribution < -0.4 is 11.1 Å². The Bertz CT molecular complexity index is 1310. The summed E-state index contributed by atoms with van der Waals surface area (Å²) in [5, 5.41) is 4.24. The fourth-order valence-corrected chi connectivity index (χ4v) is 4.10. The number of primary amides is 1. The molecule has 168 valence electrons. The zero-order chi connectivity index (χ0) is 22.1. The molecule has 33 heavy (non-hydrogen) atoms. The van der Waals surface area contributed by atoms with E-state index in [1.807, 2.05) is 53.7 Å². The Balaban J connectivity index is 0.00000259. The lowest BCUT2D eigenvalue weighted by atomic mass is 10.00. The topological polar surface area (TPSA) is 104 Å². The van der Waals surface area contributed by atoms with Crippen molar-refractivity contribution in [2.24, 2.45) is 5.73 Å². The van der Waals surface area contributed by atoms with Crippen LogP contribution in [0.1, 0.15) is 20.7 Å². The lowest BCUT2D eigenvalue weighted by Crippen LogP contribution is -2.46. The van der Waals surface area contributed by atoms with Gasteiger partial charge < -0.3 is 20.9 Å². The van der Waals surface area contributed by atoms with Crippen LogP contribution in [0.2, 0.25) is 0 Å². The van der Waals surface area contributed by atoms with E-state index in [1.54, 1.807) is 12.1 Å². The molecule has 2 aromatic carbocycles. The van der Waals surface area contributed by atoms with Crippen LogP contribution in [0.3, 0.4) is 0 Å². The molecule has 4 N–H and O–H groups in total. The number of amides is 2. The molecule has 0 saturated carbocycles. The van der Waals surface area contributed by atoms with Gasteiger partial charge in [-0.05, 0) is 41.5 Å². The van der Waals surface area contributed by atoms with Crippen LogP contribution in [-0.4, -0.2) is 52.9 Å². The first kappa shape index (κ1) is 22.5. The van der Waals surface area contributed by atoms with Crippen molar-refractivity contribution >= 4 is 35.3 Å². The Morgan fingerprint density at radius 1 is 0.909 bits per heavy atom. The summed E-state index contributed by atoms with van der Waals surface area (Å²) in [7, 11) is 0. The first-order valence-electron chi connectivity index (χ1n) is 10.6. The predicted molar refractivity (Wildman–Crippen MR) is 132 cm³/mol. The van der Waals surface area contributed by atoms with E-state index in [-0.39, 0.29) is 18.3 Å². The van der Waals surface area contributed by atoms with E-state index in [0.29, 0.717) is 11.1 Å². The molecule has 0 spiro atoms. The molecule has 7 nitrogen and oxygen atoms in total. The van der Waals surface area contributed by atoms with Gasteiger partial charge in [-0.15, -0.1) is 12.4 Å². The van der Waals surface area contributed by atoms with Crippen LogP contribution in [0.5, 0.6) is 0 Å². The van der Waals surface area contributed by atoms with Gasteiger partial charge in [0.15, 0.2) is 0 Å². The lowest BCUT2D eigenvalue weighted by molar-refractivity contribution is 0.0735. The molecule has 1 fully saturated rings. The van der Waals surface area contributed by atoms with Crippen LogP contribution in [0.15, 0.2) is 67.0 Å². The highest BCUT2D eigenvalue weighted by atomic mass is 35.5. The third-order valence-corrected chi connectivity index (χ3v) is 5.86. The average molecular weight is 462 g/mol. The van der Waals surface area contributed by atoms with E-state index in [1.165, 1.54) is 0 Å². The second-order valence-corrected chi connectivity index (χ2v) is 7.89. The van der Waals surface area contributed by atoms with Gasteiger partial charge in [-0.2, -0.15) is 0 Å². The van der Waals surface area contributed by atoms with Gasteiger partial charge in [0.2, 0.25) is 5.91 Å². The predicted octanol–water partition coefficient (Wildman–Crippen LogP) is 3.46. The Morgan fingerprint density at radius 2 is 1.67 bits per heavy atom. The molecule has 0 atom stereocenters. The largest absolute Gasteiger partial charge is 0.366 e. The number of carbonyl (C=O) groups is 2. The van der Waals surface area contributed by atoms with Gasteiger partial charge in [0.1, 0.15) is 5.65 Å². The minimum Gasteiger partial charge on any atom is -0.366 e. The minimum atomic E-state index is -0.449. The molecule has 0 unspecified atom stereocenters. The number of hydrogen-bond acceptors (Lipinski definition) is 4. The second kappa shape index (κ2) is 9.44. The molecule has 8 heteroatoms. The number of rotatable bonds is 4. The van der Waals surface area contributed by atoms with Crippen molar-refractivity contribution in [1.29, 1.82) is 0 Å². The Hall–Kier alpha value is -3.68. The van der Waals surface area contributed by atoms with Crippen molar-refractivity contribution in [2.45, 2.75) is 0 Å². The number of nitrogens with zero attached hydrogens (tertiary/aromatic N) is 2. The van der Waals surface area contributed by atoms with Gasteiger partial charge >= 0.3 is 0 Å². The summed E-state index contributed by atoms with van der Waals surface area (Å²) in [6.45, 7) is 3.08. The van der Waals surface area contributed by atoms with Crippen molar-refractivity contribution in [1.82, 2.24) is 20.2 Å². The number of pyridine rings is 1. The van der Waals surface area contributed by atoms with E-state index in [4.69, 9.17) is 5.73 Å². The smallest absolute Gasteiger partial charge is 0.253 e. The van der Waals surface area contributed by atoms with Crippen molar-refractivity contribution in [3.8, 4) is 22.3 Å². The van der Waals surface area contributed by atoms with Crippen molar-refractivity contribution in [3.05, 3.63) is 78.1 Å². The van der Waals surface area contributed by atoms with Crippen LogP contribution >= 0.6 is 12.4 Å². The highest BCUT2D eigenvalue weighted by Crippen LogP contribution is 2.31. The number of aromatic nitrogens is 2. The Morgan fingerprint density at radius 3 is 2.39 bits per heavy atom. The molecule has 5 rings (SSSR count). The normalized spacial score (nSPS) is 13.5. The van der Waals surface area contributed by atoms with Gasteiger partial charge in [-0.3, -0.25) is 9.59 Å². The number of aromatic amines is 1. The zero-order valence-corrected chi connectivity index (χ0v) is 18.7. The number of carbonyl (C=O) groups excluding carboxylic acids is 2. The van der Waals surface area contributed by atoms with E-state index >= 15 is 0 Å². The first-order chi connectivity index (χ1) is 15.6. The SMILES string of the molecule is Cl.NC(=O)c1ccc(-c2c[nH]c3ncc(-c4cccc(C(=O)N5CCNCC5)c4)cc23)cc1. The lowest BCUT2D eigenvalue weighted by Gasteiger charge is -2.27. The first-order valence-corrected chi connectivity index (χ1v) is 10.6. The summed E-state index contributed by atoms with van der Waals surface area (Å²) in [6, 6.07) is 17.0. The van der Waals surface area contributed by atoms with Crippen LogP contribution in [0.4, 0.5) is 0 Å². The van der Waals surface area contributed by atoms with Crippen LogP contribution in [0.25, 0.3) is 33.3 Å². The van der Waals surface area contributed by atoms with Crippen molar-refractivity contribution < 1.29 is 9.59 Å². The molecule has 0 radical (unpaired) electrons. The molecule has 0 aliphatic carbocycles. The molecule has 3 heterocycles. The van der Waals surface area contributed by atoms with Gasteiger partial charge in [-0.1, -0.05) is 24.3 Å². The molecular weight excluding hydrogens is 438 g/mol. The number of nitrogens with one attached hydrogen (secondary N) is 2. The molecule has 4 aromatic rings. The molecule has 2 aromatic heterocycles. The maximum absolute atomic E-state index is 12.9. The van der Waals surface area contributed by atoms with Crippen LogP contribution in [-0.2, 0) is 0 Å². The van der Waals surface area contributed by atoms with Gasteiger partial charge in [-0.25, -0.2) is 4.98 Å². The molecule has 1 aliphatic rings. The Labute approximate surface area is 197 Å². The zero-order valence-electron chi connectivity index (χ0n) is 17.9. The summed E-state index contributed by atoms with van der Waals surface area (Å²) in [6.07, 6.45) is 3.72. The summed E-state index contributed by atoms with van der Waals surface area (Å²) in [4.78, 5) is 34.0. The minimum absolute atomic E-state index is 0. The monoisotopic (exact) mass is 461 g/mol. The van der Waals surface area contributed by atoms with Gasteiger partial charge in [0.05, 0.1) is 0 Å². The summed E-state index contributed by atoms with van der Waals surface area (Å²) >= 11 is 0. The van der Waals surface area contributed by atoms with Crippen LogP contribution in [0, 0.1) is 0 Å². The average Bonchev–Trinajstić information content (AvgIpc) is 3.27. The number of hydrogen-bond donors (Lipinski definition) is 3. The number of benzene rings is 2. The molecule has 2 amide bonds. The highest BCUT2D eigenvalue weighted by Gasteiger charge is 2.18. The highest BCUT2D eigenvalue weighted by molar-refractivity contribution is 5.98. The third-order valence-electron chi connectivity index (χ3n) is 5.86. The third kappa shape index (κ3) is 4.46. The van der Waals surface area contributed by atoms with E-state index < -0.39 is 5.91 Å². The van der Waals surface area contributed by atoms with E-state index in [2.05, 4.69) is 21.4 Å². The molecular formula is C25H24ClN5O2. The number of fused-ring (bicyclic) bond motifs is 1. The summed E-state index contributed by atoms with van der Waals surface area (Å²) in [5.41, 5.74) is 11.1. The summed E-state index contributed by atoms with van der Waals surface area (Å²) in [5.74, 6) is -0.395. The second-order valence-electron chi connectivity index (χ2n) is 7.89. The molecule has 0 bridgehead atoms. The van der Waals surface area contributed by atoms with Crippen molar-refractivity contribution in [2.75, 3.05) is 26.2 Å². The Kier molecular flexibility index (Phi) is 6.44. The maximum atomic E-state index is 12.9. The standard InChI is InChI=1S/C25H23N5O2.ClH/c26-23(31)17-6-4-16(5-7-17)22-15-29-24-21(22)13-20(14-28-24)18-2-1-3-19(12-18)25(32)30-10-8-27-9-11-30;/h1-7,12-15,27H,8-11H2,(H2,26,31)(H,28,29);1H. The fourth-order valence-electron chi connectivity index (χ4n) is 4.10. The number of piperazine rings is 1. The molecule has 1 aliphatic heterocycles. The number of halogens is 1. The fraction of sp³-hybridized carbons (Fsp3) is 0.160. The van der Waals surface area contributed by atoms with Crippen molar-refractivity contribution in [3.63, 3.8) is 0 Å². The molecule has 1 saturated heterocycles. The van der Waals surface area contributed by atoms with E-state index in [0.717, 1.165) is 59.5 Å². The van der Waals surface area contributed by atoms with E-state index in [9.17, 15) is 9.59 Å². The number of nitrogens with two attached hydrogens (primary N) is 1. The van der Waals surface area contributed by atoms with Gasteiger partial charge in [0, 0.05) is 66.2 Å². The quantitative estimate of drug-likeness (QED) is 0.433. The summed E-state index contributed by atoms with van der Waals surface area (Å²) < 4.78 is 0. The van der Waals surface area contributed by atoms with Gasteiger partial charge in [0.25, 0.3) is 5.91 Å².